The van der Waals surface area contributed by atoms with Crippen LogP contribution in [0.2, 0.25) is 0 Å². The summed E-state index contributed by atoms with van der Waals surface area (Å²) in [4.78, 5) is 10.1. The average molecular weight is 284 g/mol. The molecule has 1 aromatic carbocycles. The van der Waals surface area contributed by atoms with Gasteiger partial charge in [-0.3, -0.25) is 10.1 Å². The summed E-state index contributed by atoms with van der Waals surface area (Å²) in [6.45, 7) is 3.06. The number of non-ortho nitro benzene ring substituents is 1. The molecule has 0 bridgehead atoms. The molecule has 0 saturated carbocycles. The molecule has 7 heteroatoms. The van der Waals surface area contributed by atoms with E-state index in [0.717, 1.165) is 12.8 Å². The fourth-order valence-electron chi connectivity index (χ4n) is 2.25. The SMILES string of the molecule is C[C@@H]1CCCN(S(=O)(=O)c2ccc([N+](=O)[O-])cc2)C1. The minimum Gasteiger partial charge on any atom is -0.258 e. The first kappa shape index (κ1) is 14.0. The minimum atomic E-state index is -3.53. The average Bonchev–Trinajstić information content (AvgIpc) is 2.39. The molecule has 1 aliphatic heterocycles. The Bertz CT molecular complexity index is 568. The Morgan fingerprint density at radius 1 is 1.32 bits per heavy atom. The third-order valence-corrected chi connectivity index (χ3v) is 5.18. The van der Waals surface area contributed by atoms with Crippen molar-refractivity contribution in [2.75, 3.05) is 13.1 Å². The summed E-state index contributed by atoms with van der Waals surface area (Å²) in [7, 11) is -3.53. The number of hydrogen-bond acceptors (Lipinski definition) is 4. The minimum absolute atomic E-state index is 0.106. The van der Waals surface area contributed by atoms with Gasteiger partial charge in [-0.15, -0.1) is 0 Å². The normalized spacial score (nSPS) is 21.2. The highest BCUT2D eigenvalue weighted by atomic mass is 32.2. The predicted octanol–water partition coefficient (Wildman–Crippen LogP) is 2.02. The molecule has 0 spiro atoms. The van der Waals surface area contributed by atoms with Gasteiger partial charge in [0.05, 0.1) is 9.82 Å². The standard InChI is InChI=1S/C12H16N2O4S/c1-10-3-2-8-13(9-10)19(17,18)12-6-4-11(5-7-12)14(15)16/h4-7,10H,2-3,8-9H2,1H3/t10-/m1/s1. The lowest BCUT2D eigenvalue weighted by Gasteiger charge is -2.29. The second kappa shape index (κ2) is 5.26. The van der Waals surface area contributed by atoms with Gasteiger partial charge in [0, 0.05) is 25.2 Å². The number of sulfonamides is 1. The van der Waals surface area contributed by atoms with Crippen LogP contribution in [0.25, 0.3) is 0 Å². The number of nitro benzene ring substituents is 1. The topological polar surface area (TPSA) is 80.5 Å². The highest BCUT2D eigenvalue weighted by Gasteiger charge is 2.28. The monoisotopic (exact) mass is 284 g/mol. The molecule has 0 unspecified atom stereocenters. The van der Waals surface area contributed by atoms with E-state index in [9.17, 15) is 18.5 Å². The highest BCUT2D eigenvalue weighted by Crippen LogP contribution is 2.24. The summed E-state index contributed by atoms with van der Waals surface area (Å²) >= 11 is 0. The van der Waals surface area contributed by atoms with E-state index in [-0.39, 0.29) is 10.6 Å². The van der Waals surface area contributed by atoms with Crippen LogP contribution in [0.15, 0.2) is 29.2 Å². The molecular weight excluding hydrogens is 268 g/mol. The summed E-state index contributed by atoms with van der Waals surface area (Å²) in [6, 6.07) is 5.04. The van der Waals surface area contributed by atoms with Crippen molar-refractivity contribution in [2.24, 2.45) is 5.92 Å². The van der Waals surface area contributed by atoms with E-state index in [2.05, 4.69) is 0 Å². The summed E-state index contributed by atoms with van der Waals surface area (Å²) in [5.74, 6) is 0.349. The van der Waals surface area contributed by atoms with Crippen molar-refractivity contribution in [3.8, 4) is 0 Å². The zero-order valence-corrected chi connectivity index (χ0v) is 11.5. The van der Waals surface area contributed by atoms with E-state index in [4.69, 9.17) is 0 Å². The number of nitrogens with zero attached hydrogens (tertiary/aromatic N) is 2. The zero-order valence-electron chi connectivity index (χ0n) is 10.7. The Balaban J connectivity index is 2.26. The van der Waals surface area contributed by atoms with Crippen LogP contribution >= 0.6 is 0 Å². The maximum atomic E-state index is 12.4. The second-order valence-electron chi connectivity index (χ2n) is 4.86. The molecule has 0 N–H and O–H groups in total. The van der Waals surface area contributed by atoms with Gasteiger partial charge in [0.1, 0.15) is 0 Å². The number of hydrogen-bond donors (Lipinski definition) is 0. The van der Waals surface area contributed by atoms with Gasteiger partial charge in [-0.2, -0.15) is 4.31 Å². The lowest BCUT2D eigenvalue weighted by Crippen LogP contribution is -2.39. The molecule has 1 atom stereocenters. The highest BCUT2D eigenvalue weighted by molar-refractivity contribution is 7.89. The maximum Gasteiger partial charge on any atom is 0.269 e. The van der Waals surface area contributed by atoms with E-state index in [1.54, 1.807) is 0 Å². The van der Waals surface area contributed by atoms with Crippen molar-refractivity contribution in [1.29, 1.82) is 0 Å². The molecule has 1 saturated heterocycles. The molecule has 0 aromatic heterocycles. The van der Waals surface area contributed by atoms with Crippen molar-refractivity contribution in [2.45, 2.75) is 24.7 Å². The number of nitro groups is 1. The lowest BCUT2D eigenvalue weighted by atomic mass is 10.0. The largest absolute Gasteiger partial charge is 0.269 e. The summed E-state index contributed by atoms with van der Waals surface area (Å²) in [6.07, 6.45) is 1.89. The smallest absolute Gasteiger partial charge is 0.258 e. The molecule has 1 aromatic rings. The molecule has 1 aliphatic rings. The van der Waals surface area contributed by atoms with Gasteiger partial charge in [-0.05, 0) is 30.9 Å². The van der Waals surface area contributed by atoms with Gasteiger partial charge in [0.2, 0.25) is 10.0 Å². The van der Waals surface area contributed by atoms with Gasteiger partial charge >= 0.3 is 0 Å². The molecule has 0 amide bonds. The molecule has 1 heterocycles. The van der Waals surface area contributed by atoms with Gasteiger partial charge in [0.15, 0.2) is 0 Å². The molecule has 1 fully saturated rings. The van der Waals surface area contributed by atoms with E-state index < -0.39 is 14.9 Å². The van der Waals surface area contributed by atoms with Gasteiger partial charge in [0.25, 0.3) is 5.69 Å². The molecule has 19 heavy (non-hydrogen) atoms. The van der Waals surface area contributed by atoms with Crippen LogP contribution in [0.1, 0.15) is 19.8 Å². The van der Waals surface area contributed by atoms with Crippen molar-refractivity contribution < 1.29 is 13.3 Å². The molecule has 2 rings (SSSR count). The van der Waals surface area contributed by atoms with Crippen molar-refractivity contribution in [3.05, 3.63) is 34.4 Å². The molecule has 0 aliphatic carbocycles. The van der Waals surface area contributed by atoms with Crippen LogP contribution in [-0.4, -0.2) is 30.7 Å². The predicted molar refractivity (Wildman–Crippen MR) is 70.3 cm³/mol. The van der Waals surface area contributed by atoms with Gasteiger partial charge < -0.3 is 0 Å². The van der Waals surface area contributed by atoms with Crippen LogP contribution < -0.4 is 0 Å². The van der Waals surface area contributed by atoms with E-state index >= 15 is 0 Å². The number of piperidine rings is 1. The van der Waals surface area contributed by atoms with Crippen LogP contribution in [0, 0.1) is 16.0 Å². The molecule has 0 radical (unpaired) electrons. The molecular formula is C12H16N2O4S. The van der Waals surface area contributed by atoms with Crippen LogP contribution in [0.4, 0.5) is 5.69 Å². The van der Waals surface area contributed by atoms with Crippen molar-refractivity contribution in [3.63, 3.8) is 0 Å². The number of rotatable bonds is 3. The van der Waals surface area contributed by atoms with E-state index in [1.807, 2.05) is 6.92 Å². The summed E-state index contributed by atoms with van der Waals surface area (Å²) < 4.78 is 26.2. The Morgan fingerprint density at radius 3 is 2.47 bits per heavy atom. The third-order valence-electron chi connectivity index (χ3n) is 3.31. The van der Waals surface area contributed by atoms with Crippen LogP contribution in [0.5, 0.6) is 0 Å². The Hall–Kier alpha value is -1.47. The first-order valence-corrected chi connectivity index (χ1v) is 7.60. The van der Waals surface area contributed by atoms with Gasteiger partial charge in [-0.25, -0.2) is 8.42 Å². The second-order valence-corrected chi connectivity index (χ2v) is 6.80. The molecule has 6 nitrogen and oxygen atoms in total. The Kier molecular flexibility index (Phi) is 3.86. The van der Waals surface area contributed by atoms with Crippen molar-refractivity contribution >= 4 is 15.7 Å². The summed E-state index contributed by atoms with van der Waals surface area (Å²) in [5.41, 5.74) is -0.106. The first-order chi connectivity index (χ1) is 8.91. The van der Waals surface area contributed by atoms with Crippen molar-refractivity contribution in [1.82, 2.24) is 4.31 Å². The Labute approximate surface area is 112 Å². The fourth-order valence-corrected chi connectivity index (χ4v) is 3.85. The Morgan fingerprint density at radius 2 is 1.95 bits per heavy atom. The first-order valence-electron chi connectivity index (χ1n) is 6.16. The fraction of sp³-hybridized carbons (Fsp3) is 0.500. The third kappa shape index (κ3) is 2.93. The lowest BCUT2D eigenvalue weighted by molar-refractivity contribution is -0.384. The van der Waals surface area contributed by atoms with Gasteiger partial charge in [-0.1, -0.05) is 6.92 Å². The number of benzene rings is 1. The van der Waals surface area contributed by atoms with E-state index in [0.29, 0.717) is 19.0 Å². The zero-order chi connectivity index (χ0) is 14.0. The van der Waals surface area contributed by atoms with Crippen LogP contribution in [-0.2, 0) is 10.0 Å². The van der Waals surface area contributed by atoms with E-state index in [1.165, 1.54) is 28.6 Å². The summed E-state index contributed by atoms with van der Waals surface area (Å²) in [5, 5.41) is 10.6. The molecule has 104 valence electrons. The quantitative estimate of drug-likeness (QED) is 0.628. The van der Waals surface area contributed by atoms with Crippen LogP contribution in [0.3, 0.4) is 0 Å². The maximum absolute atomic E-state index is 12.4.